The summed E-state index contributed by atoms with van der Waals surface area (Å²) in [5.74, 6) is 1.57. The lowest BCUT2D eigenvalue weighted by Crippen LogP contribution is -2.30. The predicted molar refractivity (Wildman–Crippen MR) is 82.0 cm³/mol. The number of carbonyl (C=O) groups is 1. The molecule has 0 fully saturated rings. The summed E-state index contributed by atoms with van der Waals surface area (Å²) in [7, 11) is 0. The van der Waals surface area contributed by atoms with Crippen molar-refractivity contribution in [2.75, 3.05) is 30.3 Å². The van der Waals surface area contributed by atoms with E-state index in [4.69, 9.17) is 0 Å². The molecule has 0 spiro atoms. The Bertz CT molecular complexity index is 422. The molecule has 3 N–H and O–H groups in total. The number of hydrogen-bond acceptors (Lipinski definition) is 5. The number of aromatic nitrogens is 2. The van der Waals surface area contributed by atoms with Gasteiger partial charge in [0, 0.05) is 18.7 Å². The van der Waals surface area contributed by atoms with Crippen LogP contribution in [0.4, 0.5) is 11.6 Å². The molecule has 0 aromatic carbocycles. The van der Waals surface area contributed by atoms with E-state index in [1.54, 1.807) is 0 Å². The summed E-state index contributed by atoms with van der Waals surface area (Å²) in [4.78, 5) is 20.1. The molecule has 1 heterocycles. The maximum atomic E-state index is 11.5. The summed E-state index contributed by atoms with van der Waals surface area (Å²) >= 11 is 0. The van der Waals surface area contributed by atoms with Crippen molar-refractivity contribution in [1.29, 1.82) is 0 Å². The summed E-state index contributed by atoms with van der Waals surface area (Å²) in [6.07, 6.45) is 4.45. The van der Waals surface area contributed by atoms with Crippen molar-refractivity contribution in [1.82, 2.24) is 15.3 Å². The molecule has 1 aromatic rings. The molecule has 6 nitrogen and oxygen atoms in total. The minimum absolute atomic E-state index is 0.0309. The minimum atomic E-state index is -0.0309. The average molecular weight is 279 g/mol. The second-order valence-corrected chi connectivity index (χ2v) is 4.53. The average Bonchev–Trinajstić information content (AvgIpc) is 2.45. The van der Waals surface area contributed by atoms with E-state index in [1.165, 1.54) is 6.33 Å². The molecule has 0 saturated carbocycles. The highest BCUT2D eigenvalue weighted by Gasteiger charge is 2.11. The molecule has 0 saturated heterocycles. The van der Waals surface area contributed by atoms with Crippen LogP contribution in [0, 0.1) is 0 Å². The maximum absolute atomic E-state index is 11.5. The number of likely N-dealkylation sites (N-methyl/N-ethyl adjacent to an activating group) is 1. The summed E-state index contributed by atoms with van der Waals surface area (Å²) < 4.78 is 0. The fourth-order valence-corrected chi connectivity index (χ4v) is 1.87. The number of rotatable bonds is 9. The monoisotopic (exact) mass is 279 g/mol. The molecule has 1 aromatic heterocycles. The Morgan fingerprint density at radius 1 is 1.10 bits per heavy atom. The maximum Gasteiger partial charge on any atom is 0.239 e. The van der Waals surface area contributed by atoms with Crippen molar-refractivity contribution in [2.45, 2.75) is 40.0 Å². The molecule has 1 amide bonds. The molecule has 6 heteroatoms. The van der Waals surface area contributed by atoms with E-state index in [2.05, 4.69) is 39.8 Å². The number of anilines is 2. The SMILES string of the molecule is CCCNc1ncnc(NCC(=O)NCC)c1CCC. The van der Waals surface area contributed by atoms with Gasteiger partial charge in [-0.2, -0.15) is 0 Å². The number of carbonyl (C=O) groups excluding carboxylic acids is 1. The van der Waals surface area contributed by atoms with Crippen molar-refractivity contribution in [3.05, 3.63) is 11.9 Å². The predicted octanol–water partition coefficient (Wildman–Crippen LogP) is 1.80. The summed E-state index contributed by atoms with van der Waals surface area (Å²) in [6.45, 7) is 7.87. The first-order chi connectivity index (χ1) is 9.72. The molecule has 1 rings (SSSR count). The van der Waals surface area contributed by atoms with Crippen LogP contribution in [0.25, 0.3) is 0 Å². The summed E-state index contributed by atoms with van der Waals surface area (Å²) in [5, 5.41) is 9.16. The van der Waals surface area contributed by atoms with Crippen molar-refractivity contribution >= 4 is 17.5 Å². The smallest absolute Gasteiger partial charge is 0.239 e. The van der Waals surface area contributed by atoms with Crippen LogP contribution < -0.4 is 16.0 Å². The Kier molecular flexibility index (Phi) is 7.39. The van der Waals surface area contributed by atoms with Crippen molar-refractivity contribution in [3.8, 4) is 0 Å². The van der Waals surface area contributed by atoms with E-state index in [1.807, 2.05) is 6.92 Å². The van der Waals surface area contributed by atoms with Gasteiger partial charge in [-0.3, -0.25) is 4.79 Å². The number of amides is 1. The Hall–Kier alpha value is -1.85. The third-order valence-corrected chi connectivity index (χ3v) is 2.78. The highest BCUT2D eigenvalue weighted by atomic mass is 16.1. The molecule has 0 aliphatic heterocycles. The van der Waals surface area contributed by atoms with Gasteiger partial charge in [0.1, 0.15) is 18.0 Å². The van der Waals surface area contributed by atoms with Crippen molar-refractivity contribution < 1.29 is 4.79 Å². The first-order valence-corrected chi connectivity index (χ1v) is 7.31. The largest absolute Gasteiger partial charge is 0.370 e. The van der Waals surface area contributed by atoms with Gasteiger partial charge in [-0.05, 0) is 19.8 Å². The highest BCUT2D eigenvalue weighted by Crippen LogP contribution is 2.21. The van der Waals surface area contributed by atoms with E-state index in [9.17, 15) is 4.79 Å². The third-order valence-electron chi connectivity index (χ3n) is 2.78. The second-order valence-electron chi connectivity index (χ2n) is 4.53. The Morgan fingerprint density at radius 2 is 1.80 bits per heavy atom. The van der Waals surface area contributed by atoms with Crippen LogP contribution in [0.2, 0.25) is 0 Å². The lowest BCUT2D eigenvalue weighted by Gasteiger charge is -2.14. The van der Waals surface area contributed by atoms with Crippen LogP contribution in [0.3, 0.4) is 0 Å². The zero-order valence-electron chi connectivity index (χ0n) is 12.6. The number of nitrogens with one attached hydrogen (secondary N) is 3. The Balaban J connectivity index is 2.79. The first kappa shape index (κ1) is 16.2. The Morgan fingerprint density at radius 3 is 2.40 bits per heavy atom. The molecule has 0 atom stereocenters. The standard InChI is InChI=1S/C14H25N5O/c1-4-7-11-13(16-8-5-2)18-10-19-14(11)17-9-12(20)15-6-3/h10H,4-9H2,1-3H3,(H,15,20)(H2,16,17,18,19). The minimum Gasteiger partial charge on any atom is -0.370 e. The van der Waals surface area contributed by atoms with Gasteiger partial charge in [-0.15, -0.1) is 0 Å². The van der Waals surface area contributed by atoms with Gasteiger partial charge < -0.3 is 16.0 Å². The van der Waals surface area contributed by atoms with E-state index in [0.29, 0.717) is 6.54 Å². The van der Waals surface area contributed by atoms with Gasteiger partial charge in [-0.25, -0.2) is 9.97 Å². The fraction of sp³-hybridized carbons (Fsp3) is 0.643. The molecule has 0 radical (unpaired) electrons. The van der Waals surface area contributed by atoms with E-state index in [0.717, 1.165) is 43.0 Å². The lowest BCUT2D eigenvalue weighted by molar-refractivity contribution is -0.119. The van der Waals surface area contributed by atoms with Gasteiger partial charge >= 0.3 is 0 Å². The van der Waals surface area contributed by atoms with E-state index in [-0.39, 0.29) is 12.5 Å². The van der Waals surface area contributed by atoms with Crippen LogP contribution in [0.1, 0.15) is 39.2 Å². The third kappa shape index (κ3) is 5.03. The molecular formula is C14H25N5O. The van der Waals surface area contributed by atoms with Gasteiger partial charge in [-0.1, -0.05) is 20.3 Å². The molecular weight excluding hydrogens is 254 g/mol. The van der Waals surface area contributed by atoms with Gasteiger partial charge in [0.2, 0.25) is 5.91 Å². The van der Waals surface area contributed by atoms with Crippen molar-refractivity contribution in [3.63, 3.8) is 0 Å². The highest BCUT2D eigenvalue weighted by molar-refractivity contribution is 5.80. The summed E-state index contributed by atoms with van der Waals surface area (Å²) in [5.41, 5.74) is 1.05. The molecule has 0 unspecified atom stereocenters. The zero-order valence-corrected chi connectivity index (χ0v) is 12.6. The van der Waals surface area contributed by atoms with E-state index < -0.39 is 0 Å². The zero-order chi connectivity index (χ0) is 14.8. The summed E-state index contributed by atoms with van der Waals surface area (Å²) in [6, 6.07) is 0. The first-order valence-electron chi connectivity index (χ1n) is 7.31. The van der Waals surface area contributed by atoms with Crippen LogP contribution in [0.5, 0.6) is 0 Å². The molecule has 0 aliphatic rings. The molecule has 0 bridgehead atoms. The number of hydrogen-bond donors (Lipinski definition) is 3. The van der Waals surface area contributed by atoms with Crippen LogP contribution >= 0.6 is 0 Å². The normalized spacial score (nSPS) is 10.2. The lowest BCUT2D eigenvalue weighted by atomic mass is 10.1. The molecule has 112 valence electrons. The molecule has 20 heavy (non-hydrogen) atoms. The topological polar surface area (TPSA) is 78.9 Å². The number of nitrogens with zero attached hydrogens (tertiary/aromatic N) is 2. The van der Waals surface area contributed by atoms with Gasteiger partial charge in [0.15, 0.2) is 0 Å². The van der Waals surface area contributed by atoms with Crippen molar-refractivity contribution in [2.24, 2.45) is 0 Å². The van der Waals surface area contributed by atoms with E-state index >= 15 is 0 Å². The quantitative estimate of drug-likeness (QED) is 0.642. The van der Waals surface area contributed by atoms with Crippen LogP contribution in [-0.2, 0) is 11.2 Å². The Labute approximate surface area is 120 Å². The van der Waals surface area contributed by atoms with Crippen LogP contribution in [-0.4, -0.2) is 35.5 Å². The van der Waals surface area contributed by atoms with Gasteiger partial charge in [0.25, 0.3) is 0 Å². The van der Waals surface area contributed by atoms with Crippen LogP contribution in [0.15, 0.2) is 6.33 Å². The van der Waals surface area contributed by atoms with Gasteiger partial charge in [0.05, 0.1) is 6.54 Å². The molecule has 0 aliphatic carbocycles. The fourth-order valence-electron chi connectivity index (χ4n) is 1.87. The second kappa shape index (κ2) is 9.12.